The van der Waals surface area contributed by atoms with E-state index in [2.05, 4.69) is 24.9 Å². The molecule has 21 nitrogen and oxygen atoms in total. The zero-order chi connectivity index (χ0) is 52.9. The molecule has 1 fully saturated rings. The maximum absolute atomic E-state index is 13.1. The lowest BCUT2D eigenvalue weighted by molar-refractivity contribution is -0.385. The number of fused-ring (bicyclic) bond motifs is 1. The summed E-state index contributed by atoms with van der Waals surface area (Å²) in [5.74, 6) is 1.41. The van der Waals surface area contributed by atoms with Gasteiger partial charge in [-0.1, -0.05) is 92.7 Å². The Morgan fingerprint density at radius 2 is 1.29 bits per heavy atom. The Morgan fingerprint density at radius 3 is 1.83 bits per heavy atom. The molecular weight excluding hydrogens is 988 g/mol. The zero-order valence-electron chi connectivity index (χ0n) is 41.9. The average molecular weight is 1050 g/mol. The van der Waals surface area contributed by atoms with Crippen LogP contribution in [0.1, 0.15) is 47.9 Å². The maximum Gasteiger partial charge on any atom is 0.412 e. The van der Waals surface area contributed by atoms with Gasteiger partial charge in [0.1, 0.15) is 41.7 Å². The molecule has 1 amide bonds. The summed E-state index contributed by atoms with van der Waals surface area (Å²) in [6, 6.07) is 37.7. The van der Waals surface area contributed by atoms with Gasteiger partial charge in [0.15, 0.2) is 23.2 Å². The molecule has 1 aliphatic rings. The maximum atomic E-state index is 13.1. The third-order valence-electron chi connectivity index (χ3n) is 12.7. The van der Waals surface area contributed by atoms with Crippen LogP contribution in [0.25, 0.3) is 11.2 Å². The number of benzene rings is 5. The van der Waals surface area contributed by atoms with Crippen molar-refractivity contribution in [2.24, 2.45) is 0 Å². The first-order valence-electron chi connectivity index (χ1n) is 24.1. The van der Waals surface area contributed by atoms with E-state index in [9.17, 15) is 25.0 Å². The minimum absolute atomic E-state index is 0.000730. The Bertz CT molecular complexity index is 2940. The number of aromatic nitrogens is 4. The summed E-state index contributed by atoms with van der Waals surface area (Å²) >= 11 is 0. The van der Waals surface area contributed by atoms with Crippen molar-refractivity contribution in [1.29, 1.82) is 0 Å². The topological polar surface area (TPSA) is 236 Å². The van der Waals surface area contributed by atoms with E-state index in [1.165, 1.54) is 36.9 Å². The fourth-order valence-electron chi connectivity index (χ4n) is 8.80. The molecule has 8 rings (SSSR count). The molecular formula is C53H57N8O13P. The summed E-state index contributed by atoms with van der Waals surface area (Å²) in [5.41, 5.74) is 3.31. The number of rotatable bonds is 25. The van der Waals surface area contributed by atoms with Gasteiger partial charge in [-0.2, -0.15) is 0 Å². The number of nitrogens with zero attached hydrogens (tertiary/aromatic N) is 7. The van der Waals surface area contributed by atoms with E-state index in [-0.39, 0.29) is 42.5 Å². The van der Waals surface area contributed by atoms with Crippen LogP contribution in [0.3, 0.4) is 0 Å². The van der Waals surface area contributed by atoms with Crippen molar-refractivity contribution in [2.45, 2.75) is 56.8 Å². The van der Waals surface area contributed by atoms with Gasteiger partial charge < -0.3 is 37.5 Å². The second-order valence-electron chi connectivity index (χ2n) is 17.0. The van der Waals surface area contributed by atoms with Gasteiger partial charge in [0.05, 0.1) is 50.2 Å². The number of methoxy groups -OCH3 is 3. The van der Waals surface area contributed by atoms with Crippen molar-refractivity contribution in [3.63, 3.8) is 0 Å². The molecule has 0 radical (unpaired) electrons. The molecule has 5 aromatic carbocycles. The quantitative estimate of drug-likeness (QED) is 0.0243. The number of anilines is 1. The summed E-state index contributed by atoms with van der Waals surface area (Å²) in [6.07, 6.45) is -0.673. The minimum Gasteiger partial charge on any atom is -0.497 e. The number of imidazole rings is 1. The van der Waals surface area contributed by atoms with Crippen LogP contribution in [0.2, 0.25) is 0 Å². The van der Waals surface area contributed by atoms with Gasteiger partial charge in [0, 0.05) is 50.9 Å². The molecule has 3 heterocycles. The van der Waals surface area contributed by atoms with E-state index in [4.69, 9.17) is 37.5 Å². The molecule has 0 bridgehead atoms. The molecule has 0 aliphatic carbocycles. The highest BCUT2D eigenvalue weighted by atomic mass is 31.2. The highest BCUT2D eigenvalue weighted by Crippen LogP contribution is 2.50. The number of non-ortho nitro benzene ring substituents is 2. The van der Waals surface area contributed by atoms with Crippen molar-refractivity contribution in [3.05, 3.63) is 188 Å². The first-order chi connectivity index (χ1) is 36.5. The summed E-state index contributed by atoms with van der Waals surface area (Å²) in [5, 5.41) is 25.1. The predicted molar refractivity (Wildman–Crippen MR) is 278 cm³/mol. The van der Waals surface area contributed by atoms with E-state index in [1.54, 1.807) is 50.2 Å². The van der Waals surface area contributed by atoms with Crippen LogP contribution >= 0.6 is 8.53 Å². The third kappa shape index (κ3) is 12.4. The number of nitrogens with one attached hydrogen (secondary N) is 1. The number of hydrogen-bond acceptors (Lipinski definition) is 17. The molecule has 0 spiro atoms. The summed E-state index contributed by atoms with van der Waals surface area (Å²) in [7, 11) is 2.99. The summed E-state index contributed by atoms with van der Waals surface area (Å²) in [4.78, 5) is 48.2. The molecule has 7 aromatic rings. The van der Waals surface area contributed by atoms with Crippen LogP contribution in [0.4, 0.5) is 22.0 Å². The van der Waals surface area contributed by atoms with Gasteiger partial charge in [0.25, 0.3) is 19.9 Å². The molecule has 1 saturated heterocycles. The van der Waals surface area contributed by atoms with Crippen molar-refractivity contribution >= 4 is 43.0 Å². The van der Waals surface area contributed by atoms with Crippen molar-refractivity contribution in [2.75, 3.05) is 59.6 Å². The van der Waals surface area contributed by atoms with Gasteiger partial charge >= 0.3 is 6.09 Å². The predicted octanol–water partition coefficient (Wildman–Crippen LogP) is 9.59. The molecule has 1 unspecified atom stereocenters. The van der Waals surface area contributed by atoms with Crippen LogP contribution in [0.5, 0.6) is 11.5 Å². The smallest absolute Gasteiger partial charge is 0.412 e. The first kappa shape index (κ1) is 53.8. The van der Waals surface area contributed by atoms with Crippen LogP contribution in [0.15, 0.2) is 140 Å². The number of ether oxygens (including phenoxy) is 6. The Kier molecular flexibility index (Phi) is 18.0. The average Bonchev–Trinajstić information content (AvgIpc) is 4.04. The van der Waals surface area contributed by atoms with E-state index >= 15 is 0 Å². The molecule has 2 aromatic heterocycles. The second-order valence-corrected chi connectivity index (χ2v) is 18.5. The van der Waals surface area contributed by atoms with Crippen molar-refractivity contribution in [3.8, 4) is 11.5 Å². The van der Waals surface area contributed by atoms with Gasteiger partial charge in [-0.3, -0.25) is 30.1 Å². The Balaban J connectivity index is 1.13. The summed E-state index contributed by atoms with van der Waals surface area (Å²) < 4.78 is 55.0. The monoisotopic (exact) mass is 1040 g/mol. The molecule has 1 N–H and O–H groups in total. The molecule has 22 heteroatoms. The Morgan fingerprint density at radius 1 is 0.733 bits per heavy atom. The number of carbonyl (C=O) groups is 1. The number of hydrogen-bond donors (Lipinski definition) is 1. The fraction of sp³-hybridized carbons (Fsp3) is 0.321. The van der Waals surface area contributed by atoms with Crippen molar-refractivity contribution in [1.82, 2.24) is 24.2 Å². The van der Waals surface area contributed by atoms with Crippen LogP contribution in [0, 0.1) is 20.2 Å². The van der Waals surface area contributed by atoms with Crippen LogP contribution < -0.4 is 14.8 Å². The largest absolute Gasteiger partial charge is 0.497 e. The van der Waals surface area contributed by atoms with Crippen molar-refractivity contribution < 1.29 is 52.1 Å². The standard InChI is InChI=1S/C53H57N8O13P/c1-6-58(7-2)75(72-32-30-37-15-23-42(24-16-37)61(65)66)74-47-45(33-71-53(38-11-9-8-10-12-38,39-17-25-43(67-3)26-18-39)40-19-27-44(68-4)28-20-40)73-51(48(47)69-5)59-35-56-46-49(54-34-55-50(46)59)57-52(62)70-31-29-36-13-21-41(22-14-36)60(63)64/h8-28,34-35,45,47-48,51H,6-7,29-33H2,1-5H3,(H,54,55,57,62)/t45-,47-,48-,51-,75?/m1/s1. The number of amides is 1. The highest BCUT2D eigenvalue weighted by molar-refractivity contribution is 7.44. The van der Waals surface area contributed by atoms with E-state index < -0.39 is 54.6 Å². The minimum atomic E-state index is -1.80. The zero-order valence-corrected chi connectivity index (χ0v) is 42.8. The lowest BCUT2D eigenvalue weighted by Gasteiger charge is -2.38. The van der Waals surface area contributed by atoms with Gasteiger partial charge in [-0.05, 0) is 58.5 Å². The lowest BCUT2D eigenvalue weighted by Crippen LogP contribution is -2.41. The number of nitro benzene ring substituents is 2. The van der Waals surface area contributed by atoms with E-state index in [0.717, 1.165) is 27.8 Å². The molecule has 1 aliphatic heterocycles. The Labute approximate surface area is 433 Å². The number of carbonyl (C=O) groups excluding carboxylic acids is 1. The van der Waals surface area contributed by atoms with Gasteiger partial charge in [-0.25, -0.2) is 24.4 Å². The van der Waals surface area contributed by atoms with Crippen LogP contribution in [-0.2, 0) is 46.4 Å². The van der Waals surface area contributed by atoms with E-state index in [1.807, 2.05) is 92.7 Å². The molecule has 5 atom stereocenters. The first-order valence-corrected chi connectivity index (χ1v) is 25.2. The highest BCUT2D eigenvalue weighted by Gasteiger charge is 2.51. The lowest BCUT2D eigenvalue weighted by atomic mass is 9.80. The Hall–Kier alpha value is -7.49. The summed E-state index contributed by atoms with van der Waals surface area (Å²) in [6.45, 7) is 5.36. The van der Waals surface area contributed by atoms with Crippen LogP contribution in [-0.4, -0.2) is 113 Å². The van der Waals surface area contributed by atoms with Gasteiger partial charge in [0.2, 0.25) is 0 Å². The normalized spacial score (nSPS) is 16.9. The third-order valence-corrected chi connectivity index (χ3v) is 14.6. The second kappa shape index (κ2) is 25.2. The van der Waals surface area contributed by atoms with Gasteiger partial charge in [-0.15, -0.1) is 0 Å². The molecule has 392 valence electrons. The number of nitro groups is 2. The SMILES string of the molecule is CCN(CC)P(OCCc1ccc([N+](=O)[O-])cc1)O[C@H]1[C@@H](OC)[C@H](n2cnc3c(NC(=O)OCCc4ccc([N+](=O)[O-])cc4)ncnc32)O[C@@H]1COC(c1ccccc1)(c1ccc(OC)cc1)c1ccc(OC)cc1. The molecule has 75 heavy (non-hydrogen) atoms. The van der Waals surface area contributed by atoms with E-state index in [0.29, 0.717) is 43.1 Å². The fourth-order valence-corrected chi connectivity index (χ4v) is 10.3. The molecule has 0 saturated carbocycles.